The molecule has 5 rings (SSSR count). The summed E-state index contributed by atoms with van der Waals surface area (Å²) in [5.74, 6) is 0.939. The van der Waals surface area contributed by atoms with Gasteiger partial charge in [-0.15, -0.1) is 0 Å². The summed E-state index contributed by atoms with van der Waals surface area (Å²) in [5.41, 5.74) is 5.82. The lowest BCUT2D eigenvalue weighted by Crippen LogP contribution is -2.33. The molecular formula is C23H19BrN2O. The monoisotopic (exact) mass is 418 g/mol. The molecule has 3 nitrogen and oxygen atoms in total. The Bertz CT molecular complexity index is 1010. The molecule has 2 atom stereocenters. The van der Waals surface area contributed by atoms with Crippen molar-refractivity contribution in [1.29, 1.82) is 0 Å². The van der Waals surface area contributed by atoms with Crippen molar-refractivity contribution in [1.82, 2.24) is 5.01 Å². The molecule has 0 saturated carbocycles. The summed E-state index contributed by atoms with van der Waals surface area (Å²) in [4.78, 5) is 0. The summed E-state index contributed by atoms with van der Waals surface area (Å²) in [7, 11) is 0. The molecule has 0 amide bonds. The molecular weight excluding hydrogens is 400 g/mol. The maximum Gasteiger partial charge on any atom is 0.213 e. The Hall–Kier alpha value is -2.59. The molecule has 2 aliphatic heterocycles. The van der Waals surface area contributed by atoms with Gasteiger partial charge >= 0.3 is 0 Å². The Morgan fingerprint density at radius 1 is 1.00 bits per heavy atom. The molecule has 4 heteroatoms. The fourth-order valence-electron chi connectivity index (χ4n) is 3.81. The Morgan fingerprint density at radius 2 is 1.78 bits per heavy atom. The molecule has 27 heavy (non-hydrogen) atoms. The highest BCUT2D eigenvalue weighted by Crippen LogP contribution is 2.48. The van der Waals surface area contributed by atoms with E-state index >= 15 is 0 Å². The van der Waals surface area contributed by atoms with Crippen molar-refractivity contribution in [2.24, 2.45) is 5.10 Å². The summed E-state index contributed by atoms with van der Waals surface area (Å²) in [5, 5.41) is 7.13. The second kappa shape index (κ2) is 6.54. The number of benzene rings is 3. The Balaban J connectivity index is 1.61. The Kier molecular flexibility index (Phi) is 4.01. The molecule has 2 unspecified atom stereocenters. The summed E-state index contributed by atoms with van der Waals surface area (Å²) in [6, 6.07) is 25.4. The van der Waals surface area contributed by atoms with E-state index in [0.717, 1.165) is 27.9 Å². The first-order chi connectivity index (χ1) is 13.2. The number of rotatable bonds is 2. The van der Waals surface area contributed by atoms with Crippen LogP contribution in [0, 0.1) is 6.92 Å². The van der Waals surface area contributed by atoms with E-state index in [0.29, 0.717) is 0 Å². The van der Waals surface area contributed by atoms with Crippen LogP contribution in [0.25, 0.3) is 0 Å². The minimum Gasteiger partial charge on any atom is -0.464 e. The number of nitrogens with zero attached hydrogens (tertiary/aromatic N) is 2. The highest BCUT2D eigenvalue weighted by Gasteiger charge is 2.40. The standard InChI is InChI=1S/C23H19BrN2O/c1-15-7-9-17(10-8-15)23-26-21(19-13-18(24)11-12-22(19)27-23)14-20(25-26)16-5-3-2-4-6-16/h2-13,21,23H,14H2,1H3. The molecule has 0 radical (unpaired) electrons. The maximum absolute atomic E-state index is 6.41. The zero-order valence-electron chi connectivity index (χ0n) is 15.0. The first-order valence-corrected chi connectivity index (χ1v) is 9.92. The normalized spacial score (nSPS) is 20.5. The zero-order valence-corrected chi connectivity index (χ0v) is 16.6. The fraction of sp³-hybridized carbons (Fsp3) is 0.174. The third-order valence-electron chi connectivity index (χ3n) is 5.22. The van der Waals surface area contributed by atoms with Crippen LogP contribution in [0.5, 0.6) is 5.75 Å². The van der Waals surface area contributed by atoms with E-state index in [1.165, 1.54) is 16.7 Å². The van der Waals surface area contributed by atoms with Crippen LogP contribution < -0.4 is 4.74 Å². The smallest absolute Gasteiger partial charge is 0.213 e. The molecule has 0 aromatic heterocycles. The molecule has 0 N–H and O–H groups in total. The minimum absolute atomic E-state index is 0.174. The molecule has 0 bridgehead atoms. The highest BCUT2D eigenvalue weighted by atomic mass is 79.9. The minimum atomic E-state index is -0.217. The van der Waals surface area contributed by atoms with Crippen molar-refractivity contribution in [2.45, 2.75) is 25.6 Å². The van der Waals surface area contributed by atoms with Crippen molar-refractivity contribution in [2.75, 3.05) is 0 Å². The third-order valence-corrected chi connectivity index (χ3v) is 5.71. The van der Waals surface area contributed by atoms with Crippen LogP contribution in [0.2, 0.25) is 0 Å². The maximum atomic E-state index is 6.41. The number of aryl methyl sites for hydroxylation is 1. The van der Waals surface area contributed by atoms with Gasteiger partial charge in [-0.2, -0.15) is 5.10 Å². The van der Waals surface area contributed by atoms with Crippen molar-refractivity contribution in [3.05, 3.63) is 99.5 Å². The average molecular weight is 419 g/mol. The number of halogens is 1. The largest absolute Gasteiger partial charge is 0.464 e. The zero-order chi connectivity index (χ0) is 18.4. The van der Waals surface area contributed by atoms with Crippen molar-refractivity contribution in [3.8, 4) is 5.75 Å². The van der Waals surface area contributed by atoms with E-state index in [2.05, 4.69) is 88.5 Å². The van der Waals surface area contributed by atoms with Gasteiger partial charge in [0.25, 0.3) is 0 Å². The van der Waals surface area contributed by atoms with Gasteiger partial charge in [-0.1, -0.05) is 76.1 Å². The van der Waals surface area contributed by atoms with Gasteiger partial charge in [0.1, 0.15) is 5.75 Å². The predicted octanol–water partition coefficient (Wildman–Crippen LogP) is 6.00. The van der Waals surface area contributed by atoms with Gasteiger partial charge in [-0.3, -0.25) is 0 Å². The van der Waals surface area contributed by atoms with Gasteiger partial charge in [0.15, 0.2) is 0 Å². The Morgan fingerprint density at radius 3 is 2.56 bits per heavy atom. The van der Waals surface area contributed by atoms with Gasteiger partial charge < -0.3 is 4.74 Å². The number of hydrogen-bond donors (Lipinski definition) is 0. The number of fused-ring (bicyclic) bond motifs is 3. The van der Waals surface area contributed by atoms with Crippen LogP contribution in [-0.4, -0.2) is 10.7 Å². The van der Waals surface area contributed by atoms with Crippen LogP contribution in [-0.2, 0) is 0 Å². The quantitative estimate of drug-likeness (QED) is 0.509. The number of hydrogen-bond acceptors (Lipinski definition) is 3. The van der Waals surface area contributed by atoms with Crippen molar-refractivity contribution >= 4 is 21.6 Å². The van der Waals surface area contributed by atoms with E-state index in [4.69, 9.17) is 9.84 Å². The van der Waals surface area contributed by atoms with Gasteiger partial charge in [-0.05, 0) is 30.7 Å². The van der Waals surface area contributed by atoms with Crippen LogP contribution in [0.3, 0.4) is 0 Å². The van der Waals surface area contributed by atoms with E-state index < -0.39 is 0 Å². The van der Waals surface area contributed by atoms with E-state index in [1.54, 1.807) is 0 Å². The number of hydrazone groups is 1. The van der Waals surface area contributed by atoms with Crippen LogP contribution in [0.15, 0.2) is 82.4 Å². The molecule has 0 aliphatic carbocycles. The highest BCUT2D eigenvalue weighted by molar-refractivity contribution is 9.10. The number of ether oxygens (including phenoxy) is 1. The summed E-state index contributed by atoms with van der Waals surface area (Å²) >= 11 is 3.60. The lowest BCUT2D eigenvalue weighted by atomic mass is 9.96. The average Bonchev–Trinajstić information content (AvgIpc) is 3.15. The van der Waals surface area contributed by atoms with Gasteiger partial charge in [-0.25, -0.2) is 5.01 Å². The SMILES string of the molecule is Cc1ccc(C2Oc3ccc(Br)cc3C3CC(c4ccccc4)=NN32)cc1. The van der Waals surface area contributed by atoms with Crippen molar-refractivity contribution in [3.63, 3.8) is 0 Å². The van der Waals surface area contributed by atoms with Gasteiger partial charge in [0, 0.05) is 22.0 Å². The van der Waals surface area contributed by atoms with Gasteiger partial charge in [0.2, 0.25) is 6.23 Å². The molecule has 0 saturated heterocycles. The first-order valence-electron chi connectivity index (χ1n) is 9.13. The molecule has 3 aromatic rings. The summed E-state index contributed by atoms with van der Waals surface area (Å²) in [6.07, 6.45) is 0.657. The summed E-state index contributed by atoms with van der Waals surface area (Å²) in [6.45, 7) is 2.10. The van der Waals surface area contributed by atoms with Crippen molar-refractivity contribution < 1.29 is 4.74 Å². The molecule has 2 heterocycles. The van der Waals surface area contributed by atoms with Gasteiger partial charge in [0.05, 0.1) is 11.8 Å². The second-order valence-corrected chi connectivity index (χ2v) is 7.99. The molecule has 0 fully saturated rings. The molecule has 134 valence electrons. The van der Waals surface area contributed by atoms with E-state index in [-0.39, 0.29) is 12.3 Å². The fourth-order valence-corrected chi connectivity index (χ4v) is 4.19. The molecule has 3 aromatic carbocycles. The third kappa shape index (κ3) is 2.94. The Labute approximate surface area is 167 Å². The lowest BCUT2D eigenvalue weighted by Gasteiger charge is -2.38. The van der Waals surface area contributed by atoms with E-state index in [1.807, 2.05) is 12.1 Å². The second-order valence-electron chi connectivity index (χ2n) is 7.08. The summed E-state index contributed by atoms with van der Waals surface area (Å²) < 4.78 is 7.47. The van der Waals surface area contributed by atoms with E-state index in [9.17, 15) is 0 Å². The molecule has 0 spiro atoms. The topological polar surface area (TPSA) is 24.8 Å². The lowest BCUT2D eigenvalue weighted by molar-refractivity contribution is -0.0190. The first kappa shape index (κ1) is 16.6. The molecule has 2 aliphatic rings. The van der Waals surface area contributed by atoms with Crippen LogP contribution in [0.4, 0.5) is 0 Å². The van der Waals surface area contributed by atoms with Crippen LogP contribution in [0.1, 0.15) is 40.9 Å². The van der Waals surface area contributed by atoms with Crippen LogP contribution >= 0.6 is 15.9 Å². The predicted molar refractivity (Wildman–Crippen MR) is 111 cm³/mol.